The number of hydrogen-bond donors (Lipinski definition) is 4. The number of amides is 2. The van der Waals surface area contributed by atoms with Crippen LogP contribution in [-0.4, -0.2) is 97.3 Å². The van der Waals surface area contributed by atoms with Gasteiger partial charge in [0, 0.05) is 26.4 Å². The van der Waals surface area contributed by atoms with E-state index in [4.69, 9.17) is 27.1 Å². The molecule has 0 bridgehead atoms. The van der Waals surface area contributed by atoms with Crippen molar-refractivity contribution in [3.8, 4) is 0 Å². The molecule has 11 nitrogen and oxygen atoms in total. The molecule has 2 amide bonds. The minimum Gasteiger partial charge on any atom is -0.461 e. The van der Waals surface area contributed by atoms with Crippen molar-refractivity contribution in [2.45, 2.75) is 77.1 Å². The third-order valence-corrected chi connectivity index (χ3v) is 5.81. The maximum absolute atomic E-state index is 13.2. The van der Waals surface area contributed by atoms with Gasteiger partial charge in [-0.3, -0.25) is 19.3 Å². The lowest BCUT2D eigenvalue weighted by atomic mass is 10.1. The SMILES string of the molecule is CC(=O)NCCCC[C@H](NC(=S)C1COCCN1C)C(=O)N[C@@H](CCC(=O)C=N)C(=O)OC(C)C. The number of nitrogens with zero attached hydrogens (tertiary/aromatic N) is 1. The van der Waals surface area contributed by atoms with Crippen LogP contribution in [0.1, 0.15) is 52.9 Å². The summed E-state index contributed by atoms with van der Waals surface area (Å²) in [5.41, 5.74) is 0. The summed E-state index contributed by atoms with van der Waals surface area (Å²) in [7, 11) is 1.93. The van der Waals surface area contributed by atoms with Gasteiger partial charge in [0.05, 0.1) is 36.6 Å². The largest absolute Gasteiger partial charge is 0.461 e. The van der Waals surface area contributed by atoms with Crippen LogP contribution in [0, 0.1) is 5.41 Å². The maximum Gasteiger partial charge on any atom is 0.328 e. The summed E-state index contributed by atoms with van der Waals surface area (Å²) in [5, 5.41) is 15.6. The topological polar surface area (TPSA) is 150 Å². The summed E-state index contributed by atoms with van der Waals surface area (Å²) in [4.78, 5) is 51.0. The number of unbranched alkanes of at least 4 members (excludes halogenated alkanes) is 1. The summed E-state index contributed by atoms with van der Waals surface area (Å²) >= 11 is 5.57. The van der Waals surface area contributed by atoms with Crippen molar-refractivity contribution in [3.63, 3.8) is 0 Å². The van der Waals surface area contributed by atoms with E-state index in [1.807, 2.05) is 7.05 Å². The number of Topliss-reactive ketones (excluding diaryl/α,β-unsaturated/α-hetero) is 1. The molecule has 0 radical (unpaired) electrons. The summed E-state index contributed by atoms with van der Waals surface area (Å²) in [6.07, 6.45) is 1.94. The van der Waals surface area contributed by atoms with Gasteiger partial charge in [0.2, 0.25) is 11.8 Å². The standard InChI is InChI=1S/C23H39N5O6S/c1-15(2)34-23(32)19(9-8-17(30)13-24)26-21(31)18(7-5-6-10-25-16(3)29)27-22(35)20-14-33-12-11-28(20)4/h13,15,18-20,24H,5-12,14H2,1-4H3,(H,25,29)(H,26,31)(H,27,35)/t18-,19-,20?/m0/s1. The normalized spacial score (nSPS) is 17.7. The highest BCUT2D eigenvalue weighted by Gasteiger charge is 2.30. The first-order valence-corrected chi connectivity index (χ1v) is 12.3. The number of rotatable bonds is 15. The number of ether oxygens (including phenoxy) is 2. The zero-order chi connectivity index (χ0) is 26.4. The van der Waals surface area contributed by atoms with Gasteiger partial charge in [-0.2, -0.15) is 0 Å². The number of hydrogen-bond acceptors (Lipinski definition) is 9. The van der Waals surface area contributed by atoms with Crippen molar-refractivity contribution in [2.75, 3.05) is 33.4 Å². The van der Waals surface area contributed by atoms with Crippen LogP contribution < -0.4 is 16.0 Å². The van der Waals surface area contributed by atoms with Crippen LogP contribution in [0.4, 0.5) is 0 Å². The van der Waals surface area contributed by atoms with E-state index >= 15 is 0 Å². The fourth-order valence-corrected chi connectivity index (χ4v) is 3.82. The first kappa shape index (κ1) is 30.6. The molecule has 1 aliphatic heterocycles. The lowest BCUT2D eigenvalue weighted by molar-refractivity contribution is -0.151. The molecule has 198 valence electrons. The van der Waals surface area contributed by atoms with Gasteiger partial charge >= 0.3 is 5.97 Å². The molecule has 0 aromatic heterocycles. The molecule has 0 aromatic carbocycles. The van der Waals surface area contributed by atoms with Gasteiger partial charge < -0.3 is 30.8 Å². The molecule has 35 heavy (non-hydrogen) atoms. The Kier molecular flexibility index (Phi) is 14.2. The lowest BCUT2D eigenvalue weighted by Crippen LogP contribution is -2.57. The molecule has 1 rings (SSSR count). The fourth-order valence-electron chi connectivity index (χ4n) is 3.43. The second kappa shape index (κ2) is 16.3. The van der Waals surface area contributed by atoms with E-state index in [1.165, 1.54) is 6.92 Å². The van der Waals surface area contributed by atoms with Gasteiger partial charge in [-0.25, -0.2) is 4.79 Å². The molecule has 4 N–H and O–H groups in total. The minimum atomic E-state index is -1.04. The molecule has 1 fully saturated rings. The summed E-state index contributed by atoms with van der Waals surface area (Å²) in [6, 6.07) is -1.95. The van der Waals surface area contributed by atoms with E-state index in [2.05, 4.69) is 20.9 Å². The molecular formula is C23H39N5O6S. The Bertz CT molecular complexity index is 763. The van der Waals surface area contributed by atoms with E-state index in [9.17, 15) is 19.2 Å². The van der Waals surface area contributed by atoms with Crippen LogP contribution in [-0.2, 0) is 28.7 Å². The Morgan fingerprint density at radius 2 is 1.89 bits per heavy atom. The molecule has 1 unspecified atom stereocenters. The number of ketones is 1. The predicted molar refractivity (Wildman–Crippen MR) is 135 cm³/mol. The third kappa shape index (κ3) is 12.2. The highest BCUT2D eigenvalue weighted by atomic mass is 32.1. The highest BCUT2D eigenvalue weighted by molar-refractivity contribution is 7.80. The number of carbonyl (C=O) groups is 4. The number of esters is 1. The van der Waals surface area contributed by atoms with Crippen LogP contribution in [0.5, 0.6) is 0 Å². The smallest absolute Gasteiger partial charge is 0.328 e. The van der Waals surface area contributed by atoms with Gasteiger partial charge in [-0.05, 0) is 46.6 Å². The van der Waals surface area contributed by atoms with Crippen molar-refractivity contribution in [2.24, 2.45) is 0 Å². The first-order valence-electron chi connectivity index (χ1n) is 11.9. The van der Waals surface area contributed by atoms with Crippen LogP contribution in [0.3, 0.4) is 0 Å². The van der Waals surface area contributed by atoms with Gasteiger partial charge in [0.15, 0.2) is 5.78 Å². The van der Waals surface area contributed by atoms with E-state index in [-0.39, 0.29) is 24.8 Å². The Labute approximate surface area is 212 Å². The summed E-state index contributed by atoms with van der Waals surface area (Å²) < 4.78 is 10.8. The molecule has 0 aliphatic carbocycles. The molecule has 1 heterocycles. The quantitative estimate of drug-likeness (QED) is 0.105. The number of likely N-dealkylation sites (N-methyl/N-ethyl adjacent to an activating group) is 1. The summed E-state index contributed by atoms with van der Waals surface area (Å²) in [5.74, 6) is -1.65. The molecule has 1 aliphatic rings. The fraction of sp³-hybridized carbons (Fsp3) is 0.739. The van der Waals surface area contributed by atoms with Crippen molar-refractivity contribution in [1.29, 1.82) is 5.41 Å². The maximum atomic E-state index is 13.2. The van der Waals surface area contributed by atoms with E-state index < -0.39 is 35.8 Å². The molecule has 1 saturated heterocycles. The zero-order valence-corrected chi connectivity index (χ0v) is 21.9. The Morgan fingerprint density at radius 3 is 2.49 bits per heavy atom. The lowest BCUT2D eigenvalue weighted by Gasteiger charge is -2.34. The Morgan fingerprint density at radius 1 is 1.17 bits per heavy atom. The van der Waals surface area contributed by atoms with Crippen molar-refractivity contribution < 1.29 is 28.7 Å². The highest BCUT2D eigenvalue weighted by Crippen LogP contribution is 2.10. The minimum absolute atomic E-state index is 0.0183. The predicted octanol–water partition coefficient (Wildman–Crippen LogP) is 0.344. The van der Waals surface area contributed by atoms with Crippen molar-refractivity contribution >= 4 is 47.0 Å². The van der Waals surface area contributed by atoms with Gasteiger partial charge in [-0.1, -0.05) is 12.2 Å². The zero-order valence-electron chi connectivity index (χ0n) is 21.1. The average molecular weight is 514 g/mol. The molecule has 0 saturated carbocycles. The number of nitrogens with one attached hydrogen (secondary N) is 4. The monoisotopic (exact) mass is 513 g/mol. The number of morpholine rings is 1. The van der Waals surface area contributed by atoms with Crippen LogP contribution in [0.25, 0.3) is 0 Å². The number of carbonyl (C=O) groups excluding carboxylic acids is 4. The van der Waals surface area contributed by atoms with E-state index in [1.54, 1.807) is 13.8 Å². The molecule has 0 aromatic rings. The van der Waals surface area contributed by atoms with Crippen molar-refractivity contribution in [3.05, 3.63) is 0 Å². The molecular weight excluding hydrogens is 474 g/mol. The average Bonchev–Trinajstić information content (AvgIpc) is 2.79. The molecule has 12 heteroatoms. The number of thiocarbonyl (C=S) groups is 1. The van der Waals surface area contributed by atoms with Crippen molar-refractivity contribution in [1.82, 2.24) is 20.9 Å². The Balaban J connectivity index is 2.91. The van der Waals surface area contributed by atoms with Crippen LogP contribution >= 0.6 is 12.2 Å². The van der Waals surface area contributed by atoms with Crippen LogP contribution in [0.15, 0.2) is 0 Å². The second-order valence-electron chi connectivity index (χ2n) is 8.81. The van der Waals surface area contributed by atoms with E-state index in [0.717, 1.165) is 0 Å². The summed E-state index contributed by atoms with van der Waals surface area (Å²) in [6.45, 7) is 7.05. The first-order chi connectivity index (χ1) is 16.5. The molecule has 3 atom stereocenters. The Hall–Kier alpha value is -2.44. The van der Waals surface area contributed by atoms with Gasteiger partial charge in [-0.15, -0.1) is 0 Å². The molecule has 0 spiro atoms. The van der Waals surface area contributed by atoms with E-state index in [0.29, 0.717) is 56.8 Å². The van der Waals surface area contributed by atoms with Gasteiger partial charge in [0.1, 0.15) is 12.1 Å². The van der Waals surface area contributed by atoms with Crippen LogP contribution in [0.2, 0.25) is 0 Å². The van der Waals surface area contributed by atoms with Gasteiger partial charge in [0.25, 0.3) is 0 Å². The second-order valence-corrected chi connectivity index (χ2v) is 9.25. The third-order valence-electron chi connectivity index (χ3n) is 5.42.